The highest BCUT2D eigenvalue weighted by molar-refractivity contribution is 9.10. The molecule has 1 atom stereocenters. The van der Waals surface area contributed by atoms with Crippen LogP contribution in [0.15, 0.2) is 33.5 Å². The van der Waals surface area contributed by atoms with Gasteiger partial charge in [-0.15, -0.1) is 11.6 Å². The van der Waals surface area contributed by atoms with E-state index >= 15 is 0 Å². The van der Waals surface area contributed by atoms with E-state index in [2.05, 4.69) is 15.9 Å². The Morgan fingerprint density at radius 1 is 1.18 bits per heavy atom. The lowest BCUT2D eigenvalue weighted by Gasteiger charge is -2.13. The van der Waals surface area contributed by atoms with Crippen molar-refractivity contribution in [1.29, 1.82) is 0 Å². The zero-order chi connectivity index (χ0) is 12.6. The maximum atomic E-state index is 6.47. The van der Waals surface area contributed by atoms with Crippen molar-refractivity contribution in [2.75, 3.05) is 0 Å². The molecule has 1 unspecified atom stereocenters. The standard InChI is InChI=1S/C13H11BrCl2O/c1-7-6-11(15)8(2)5-10(7)12(16)9-3-4-17-13(9)14/h3-6,12H,1-2H3. The van der Waals surface area contributed by atoms with Crippen LogP contribution in [0.4, 0.5) is 0 Å². The van der Waals surface area contributed by atoms with E-state index in [0.29, 0.717) is 4.67 Å². The summed E-state index contributed by atoms with van der Waals surface area (Å²) < 4.78 is 5.88. The number of aryl methyl sites for hydroxylation is 2. The Morgan fingerprint density at radius 3 is 2.47 bits per heavy atom. The predicted octanol–water partition coefficient (Wildman–Crippen LogP) is 5.64. The van der Waals surface area contributed by atoms with Gasteiger partial charge in [-0.1, -0.05) is 17.7 Å². The van der Waals surface area contributed by atoms with Gasteiger partial charge in [-0.05, 0) is 58.6 Å². The molecule has 1 nitrogen and oxygen atoms in total. The molecule has 0 saturated heterocycles. The summed E-state index contributed by atoms with van der Waals surface area (Å²) in [7, 11) is 0. The summed E-state index contributed by atoms with van der Waals surface area (Å²) in [4.78, 5) is 0. The average Bonchev–Trinajstić information content (AvgIpc) is 2.69. The molecule has 0 aliphatic heterocycles. The number of alkyl halides is 1. The Bertz CT molecular complexity index is 548. The van der Waals surface area contributed by atoms with Crippen LogP contribution in [0.2, 0.25) is 5.02 Å². The van der Waals surface area contributed by atoms with Crippen molar-refractivity contribution in [3.05, 3.63) is 56.4 Å². The van der Waals surface area contributed by atoms with Gasteiger partial charge in [0.15, 0.2) is 4.67 Å². The average molecular weight is 334 g/mol. The van der Waals surface area contributed by atoms with Gasteiger partial charge >= 0.3 is 0 Å². The molecule has 1 aromatic heterocycles. The Morgan fingerprint density at radius 2 is 1.88 bits per heavy atom. The molecule has 0 saturated carbocycles. The van der Waals surface area contributed by atoms with Crippen LogP contribution in [0.1, 0.15) is 27.6 Å². The Labute approximate surface area is 119 Å². The highest BCUT2D eigenvalue weighted by Gasteiger charge is 2.18. The fraction of sp³-hybridized carbons (Fsp3) is 0.231. The molecule has 0 aliphatic carbocycles. The van der Waals surface area contributed by atoms with Crippen LogP contribution in [0.5, 0.6) is 0 Å². The van der Waals surface area contributed by atoms with Crippen LogP contribution in [0.3, 0.4) is 0 Å². The van der Waals surface area contributed by atoms with Crippen molar-refractivity contribution >= 4 is 39.1 Å². The summed E-state index contributed by atoms with van der Waals surface area (Å²) in [5.74, 6) is 0. The molecule has 0 radical (unpaired) electrons. The van der Waals surface area contributed by atoms with Crippen molar-refractivity contribution in [3.63, 3.8) is 0 Å². The summed E-state index contributed by atoms with van der Waals surface area (Å²) in [6.07, 6.45) is 1.62. The molecule has 4 heteroatoms. The maximum Gasteiger partial charge on any atom is 0.173 e. The highest BCUT2D eigenvalue weighted by Crippen LogP contribution is 2.37. The molecule has 1 heterocycles. The summed E-state index contributed by atoms with van der Waals surface area (Å²) in [5.41, 5.74) is 4.08. The molecule has 0 spiro atoms. The molecular formula is C13H11BrCl2O. The van der Waals surface area contributed by atoms with Crippen LogP contribution < -0.4 is 0 Å². The number of rotatable bonds is 2. The maximum absolute atomic E-state index is 6.47. The van der Waals surface area contributed by atoms with Gasteiger partial charge in [-0.3, -0.25) is 0 Å². The van der Waals surface area contributed by atoms with Crippen LogP contribution in [0.25, 0.3) is 0 Å². The van der Waals surface area contributed by atoms with Crippen molar-refractivity contribution in [3.8, 4) is 0 Å². The van der Waals surface area contributed by atoms with Crippen molar-refractivity contribution in [1.82, 2.24) is 0 Å². The summed E-state index contributed by atoms with van der Waals surface area (Å²) in [5, 5.41) is 0.528. The second-order valence-corrected chi connectivity index (χ2v) is 5.53. The van der Waals surface area contributed by atoms with Crippen LogP contribution in [-0.4, -0.2) is 0 Å². The summed E-state index contributed by atoms with van der Waals surface area (Å²) in [6.45, 7) is 3.98. The molecule has 90 valence electrons. The third-order valence-electron chi connectivity index (χ3n) is 2.74. The highest BCUT2D eigenvalue weighted by atomic mass is 79.9. The fourth-order valence-electron chi connectivity index (χ4n) is 1.73. The predicted molar refractivity (Wildman–Crippen MR) is 75.0 cm³/mol. The SMILES string of the molecule is Cc1cc(C(Cl)c2ccoc2Br)c(C)cc1Cl. The Hall–Kier alpha value is -0.440. The van der Waals surface area contributed by atoms with Crippen molar-refractivity contribution in [2.45, 2.75) is 19.2 Å². The Kier molecular flexibility index (Phi) is 3.86. The minimum atomic E-state index is -0.237. The molecule has 0 bridgehead atoms. The normalized spacial score (nSPS) is 12.8. The molecule has 2 rings (SSSR count). The number of furan rings is 1. The van der Waals surface area contributed by atoms with Crippen LogP contribution >= 0.6 is 39.1 Å². The van der Waals surface area contributed by atoms with E-state index in [1.54, 1.807) is 6.26 Å². The third kappa shape index (κ3) is 2.54. The van der Waals surface area contributed by atoms with E-state index in [0.717, 1.165) is 27.3 Å². The number of benzene rings is 1. The Balaban J connectivity index is 2.48. The minimum absolute atomic E-state index is 0.237. The zero-order valence-corrected chi connectivity index (χ0v) is 12.5. The number of halogens is 3. The van der Waals surface area contributed by atoms with E-state index in [1.165, 1.54) is 0 Å². The van der Waals surface area contributed by atoms with Gasteiger partial charge in [0.25, 0.3) is 0 Å². The van der Waals surface area contributed by atoms with Crippen LogP contribution in [0, 0.1) is 13.8 Å². The summed E-state index contributed by atoms with van der Waals surface area (Å²) in [6, 6.07) is 5.83. The van der Waals surface area contributed by atoms with E-state index in [4.69, 9.17) is 27.6 Å². The van der Waals surface area contributed by atoms with E-state index in [-0.39, 0.29) is 5.38 Å². The minimum Gasteiger partial charge on any atom is -0.457 e. The van der Waals surface area contributed by atoms with Gasteiger partial charge in [0.2, 0.25) is 0 Å². The first-order valence-corrected chi connectivity index (χ1v) is 6.75. The van der Waals surface area contributed by atoms with Gasteiger partial charge in [-0.25, -0.2) is 0 Å². The molecule has 0 N–H and O–H groups in total. The van der Waals surface area contributed by atoms with E-state index in [1.807, 2.05) is 32.0 Å². The molecule has 17 heavy (non-hydrogen) atoms. The second-order valence-electron chi connectivity index (χ2n) is 3.97. The molecular weight excluding hydrogens is 323 g/mol. The second kappa shape index (κ2) is 5.05. The van der Waals surface area contributed by atoms with Crippen molar-refractivity contribution in [2.24, 2.45) is 0 Å². The van der Waals surface area contributed by atoms with Crippen molar-refractivity contribution < 1.29 is 4.42 Å². The first-order valence-electron chi connectivity index (χ1n) is 5.14. The quantitative estimate of drug-likeness (QED) is 0.648. The number of hydrogen-bond acceptors (Lipinski definition) is 1. The monoisotopic (exact) mass is 332 g/mol. The van der Waals surface area contributed by atoms with Gasteiger partial charge in [-0.2, -0.15) is 0 Å². The molecule has 1 aromatic carbocycles. The fourth-order valence-corrected chi connectivity index (χ4v) is 2.95. The first-order chi connectivity index (χ1) is 8.00. The molecule has 2 aromatic rings. The molecule has 0 fully saturated rings. The lowest BCUT2D eigenvalue weighted by molar-refractivity contribution is 0.537. The smallest absolute Gasteiger partial charge is 0.173 e. The number of hydrogen-bond donors (Lipinski definition) is 0. The van der Waals surface area contributed by atoms with Crippen LogP contribution in [-0.2, 0) is 0 Å². The van der Waals surface area contributed by atoms with Gasteiger partial charge in [0, 0.05) is 10.6 Å². The lowest BCUT2D eigenvalue weighted by atomic mass is 9.99. The van der Waals surface area contributed by atoms with Gasteiger partial charge in [0.05, 0.1) is 11.6 Å². The third-order valence-corrected chi connectivity index (χ3v) is 4.26. The largest absolute Gasteiger partial charge is 0.457 e. The van der Waals surface area contributed by atoms with Gasteiger partial charge < -0.3 is 4.42 Å². The zero-order valence-electron chi connectivity index (χ0n) is 9.43. The first kappa shape index (κ1) is 13.0. The molecule has 0 amide bonds. The van der Waals surface area contributed by atoms with E-state index < -0.39 is 0 Å². The lowest BCUT2D eigenvalue weighted by Crippen LogP contribution is -1.97. The summed E-state index contributed by atoms with van der Waals surface area (Å²) >= 11 is 15.9. The molecule has 0 aliphatic rings. The topological polar surface area (TPSA) is 13.1 Å². The van der Waals surface area contributed by atoms with E-state index in [9.17, 15) is 0 Å². The van der Waals surface area contributed by atoms with Gasteiger partial charge in [0.1, 0.15) is 0 Å².